The van der Waals surface area contributed by atoms with Crippen molar-refractivity contribution in [3.8, 4) is 28.1 Å². The molecule has 2 aromatic carbocycles. The van der Waals surface area contributed by atoms with E-state index in [1.807, 2.05) is 37.4 Å². The third-order valence-corrected chi connectivity index (χ3v) is 4.86. The SMILES string of the molecule is COc1ccc(-c2[nH]cc(C)c2-c2ccc(S(N)(=O)=O)cc2)cc1. The van der Waals surface area contributed by atoms with Crippen molar-refractivity contribution >= 4 is 10.0 Å². The second kappa shape index (κ2) is 6.14. The molecule has 0 saturated heterocycles. The quantitative estimate of drug-likeness (QED) is 0.763. The number of rotatable bonds is 4. The fourth-order valence-electron chi connectivity index (χ4n) is 2.69. The van der Waals surface area contributed by atoms with Crippen LogP contribution in [0.5, 0.6) is 5.75 Å². The lowest BCUT2D eigenvalue weighted by Gasteiger charge is -2.08. The van der Waals surface area contributed by atoms with Gasteiger partial charge in [-0.05, 0) is 60.0 Å². The smallest absolute Gasteiger partial charge is 0.238 e. The lowest BCUT2D eigenvalue weighted by atomic mass is 9.98. The van der Waals surface area contributed by atoms with E-state index in [0.29, 0.717) is 0 Å². The van der Waals surface area contributed by atoms with Crippen LogP contribution in [0.3, 0.4) is 0 Å². The molecule has 0 aliphatic rings. The highest BCUT2D eigenvalue weighted by molar-refractivity contribution is 7.89. The highest BCUT2D eigenvalue weighted by atomic mass is 32.2. The Morgan fingerprint density at radius 2 is 1.54 bits per heavy atom. The van der Waals surface area contributed by atoms with Crippen LogP contribution in [0.2, 0.25) is 0 Å². The number of hydrogen-bond acceptors (Lipinski definition) is 3. The normalized spacial score (nSPS) is 11.5. The van der Waals surface area contributed by atoms with Crippen LogP contribution in [0.1, 0.15) is 5.56 Å². The molecule has 1 aromatic heterocycles. The Balaban J connectivity index is 2.07. The first kappa shape index (κ1) is 16.3. The summed E-state index contributed by atoms with van der Waals surface area (Å²) in [5.74, 6) is 0.793. The predicted octanol–water partition coefficient (Wildman–Crippen LogP) is 3.31. The lowest BCUT2D eigenvalue weighted by Crippen LogP contribution is -2.11. The predicted molar refractivity (Wildman–Crippen MR) is 94.3 cm³/mol. The van der Waals surface area contributed by atoms with E-state index in [4.69, 9.17) is 9.88 Å². The molecule has 3 rings (SSSR count). The zero-order valence-electron chi connectivity index (χ0n) is 13.4. The molecule has 0 aliphatic carbocycles. The Kier molecular flexibility index (Phi) is 4.17. The second-order valence-electron chi connectivity index (χ2n) is 5.52. The summed E-state index contributed by atoms with van der Waals surface area (Å²) in [5.41, 5.74) is 5.02. The topological polar surface area (TPSA) is 85.2 Å². The van der Waals surface area contributed by atoms with Crippen molar-refractivity contribution in [3.63, 3.8) is 0 Å². The van der Waals surface area contributed by atoms with Crippen LogP contribution >= 0.6 is 0 Å². The number of methoxy groups -OCH3 is 1. The number of hydrogen-bond donors (Lipinski definition) is 2. The van der Waals surface area contributed by atoms with Crippen molar-refractivity contribution in [2.45, 2.75) is 11.8 Å². The molecule has 0 unspecified atom stereocenters. The van der Waals surface area contributed by atoms with Gasteiger partial charge in [0.1, 0.15) is 5.75 Å². The summed E-state index contributed by atoms with van der Waals surface area (Å²) in [7, 11) is -2.06. The van der Waals surface area contributed by atoms with Crippen LogP contribution in [-0.4, -0.2) is 20.5 Å². The van der Waals surface area contributed by atoms with Gasteiger partial charge in [-0.3, -0.25) is 0 Å². The summed E-state index contributed by atoms with van der Waals surface area (Å²) >= 11 is 0. The standard InChI is InChI=1S/C18H18N2O3S/c1-12-11-20-18(14-3-7-15(23-2)8-4-14)17(12)13-5-9-16(10-6-13)24(19,21)22/h3-11,20H,1-2H3,(H2,19,21,22). The van der Waals surface area contributed by atoms with Gasteiger partial charge in [-0.1, -0.05) is 12.1 Å². The molecule has 1 heterocycles. The van der Waals surface area contributed by atoms with E-state index in [9.17, 15) is 8.42 Å². The first-order valence-electron chi connectivity index (χ1n) is 7.36. The number of nitrogens with two attached hydrogens (primary N) is 1. The summed E-state index contributed by atoms with van der Waals surface area (Å²) in [5, 5.41) is 5.16. The third-order valence-electron chi connectivity index (χ3n) is 3.93. The largest absolute Gasteiger partial charge is 0.497 e. The van der Waals surface area contributed by atoms with Gasteiger partial charge in [-0.25, -0.2) is 13.6 Å². The molecule has 0 spiro atoms. The third kappa shape index (κ3) is 3.06. The summed E-state index contributed by atoms with van der Waals surface area (Å²) in [6, 6.07) is 14.3. The molecule has 0 atom stereocenters. The number of nitrogens with one attached hydrogen (secondary N) is 1. The molecule has 5 nitrogen and oxygen atoms in total. The van der Waals surface area contributed by atoms with Gasteiger partial charge in [0.15, 0.2) is 0 Å². The molecular weight excluding hydrogens is 324 g/mol. The first-order chi connectivity index (χ1) is 11.4. The average Bonchev–Trinajstić information content (AvgIpc) is 2.96. The lowest BCUT2D eigenvalue weighted by molar-refractivity contribution is 0.415. The van der Waals surface area contributed by atoms with Crippen LogP contribution in [0, 0.1) is 6.92 Å². The van der Waals surface area contributed by atoms with Crippen LogP contribution in [-0.2, 0) is 10.0 Å². The summed E-state index contributed by atoms with van der Waals surface area (Å²) in [6.45, 7) is 2.01. The maximum Gasteiger partial charge on any atom is 0.238 e. The summed E-state index contributed by atoms with van der Waals surface area (Å²) in [4.78, 5) is 3.39. The van der Waals surface area contributed by atoms with Gasteiger partial charge in [0.05, 0.1) is 17.7 Å². The minimum atomic E-state index is -3.69. The van der Waals surface area contributed by atoms with E-state index in [1.165, 1.54) is 12.1 Å². The Morgan fingerprint density at radius 1 is 0.958 bits per heavy atom. The summed E-state index contributed by atoms with van der Waals surface area (Å²) < 4.78 is 28.0. The van der Waals surface area contributed by atoms with Crippen molar-refractivity contribution in [1.29, 1.82) is 0 Å². The first-order valence-corrected chi connectivity index (χ1v) is 8.90. The minimum absolute atomic E-state index is 0.102. The Labute approximate surface area is 141 Å². The Bertz CT molecular complexity index is 957. The molecule has 0 saturated carbocycles. The van der Waals surface area contributed by atoms with E-state index in [-0.39, 0.29) is 4.90 Å². The molecule has 0 bridgehead atoms. The van der Waals surface area contributed by atoms with Gasteiger partial charge in [0, 0.05) is 11.8 Å². The van der Waals surface area contributed by atoms with Gasteiger partial charge < -0.3 is 9.72 Å². The zero-order chi connectivity index (χ0) is 17.3. The van der Waals surface area contributed by atoms with Gasteiger partial charge in [0.25, 0.3) is 0 Å². The Morgan fingerprint density at radius 3 is 2.08 bits per heavy atom. The number of H-pyrrole nitrogens is 1. The molecule has 0 aliphatic heterocycles. The van der Waals surface area contributed by atoms with Crippen LogP contribution in [0.15, 0.2) is 59.6 Å². The number of ether oxygens (including phenoxy) is 1. The highest BCUT2D eigenvalue weighted by Gasteiger charge is 2.14. The van der Waals surface area contributed by atoms with Crippen molar-refractivity contribution in [2.24, 2.45) is 5.14 Å². The van der Waals surface area contributed by atoms with E-state index in [1.54, 1.807) is 19.2 Å². The number of aromatic amines is 1. The number of aryl methyl sites for hydroxylation is 1. The van der Waals surface area contributed by atoms with Crippen molar-refractivity contribution < 1.29 is 13.2 Å². The maximum atomic E-state index is 11.4. The van der Waals surface area contributed by atoms with E-state index >= 15 is 0 Å². The molecule has 0 radical (unpaired) electrons. The van der Waals surface area contributed by atoms with Gasteiger partial charge in [-0.15, -0.1) is 0 Å². The number of benzene rings is 2. The fourth-order valence-corrected chi connectivity index (χ4v) is 3.21. The molecule has 0 fully saturated rings. The molecule has 0 amide bonds. The monoisotopic (exact) mass is 342 g/mol. The van der Waals surface area contributed by atoms with Crippen molar-refractivity contribution in [2.75, 3.05) is 7.11 Å². The minimum Gasteiger partial charge on any atom is -0.497 e. The van der Waals surface area contributed by atoms with Crippen LogP contribution in [0.25, 0.3) is 22.4 Å². The molecule has 124 valence electrons. The molecule has 24 heavy (non-hydrogen) atoms. The van der Waals surface area contributed by atoms with Crippen LogP contribution < -0.4 is 9.88 Å². The zero-order valence-corrected chi connectivity index (χ0v) is 14.2. The van der Waals surface area contributed by atoms with E-state index < -0.39 is 10.0 Å². The van der Waals surface area contributed by atoms with E-state index in [2.05, 4.69) is 4.98 Å². The van der Waals surface area contributed by atoms with Crippen molar-refractivity contribution in [3.05, 3.63) is 60.3 Å². The van der Waals surface area contributed by atoms with Gasteiger partial charge in [-0.2, -0.15) is 0 Å². The van der Waals surface area contributed by atoms with Gasteiger partial charge >= 0.3 is 0 Å². The Hall–Kier alpha value is -2.57. The second-order valence-corrected chi connectivity index (χ2v) is 7.08. The number of sulfonamides is 1. The maximum absolute atomic E-state index is 11.4. The number of aromatic nitrogens is 1. The summed E-state index contributed by atoms with van der Waals surface area (Å²) in [6.07, 6.45) is 1.93. The van der Waals surface area contributed by atoms with Crippen molar-refractivity contribution in [1.82, 2.24) is 4.98 Å². The molecule has 3 aromatic rings. The van der Waals surface area contributed by atoms with Gasteiger partial charge in [0.2, 0.25) is 10.0 Å². The van der Waals surface area contributed by atoms with Crippen LogP contribution in [0.4, 0.5) is 0 Å². The molecular formula is C18H18N2O3S. The number of primary sulfonamides is 1. The molecule has 6 heteroatoms. The highest BCUT2D eigenvalue weighted by Crippen LogP contribution is 2.35. The fraction of sp³-hybridized carbons (Fsp3) is 0.111. The average molecular weight is 342 g/mol. The van der Waals surface area contributed by atoms with E-state index in [0.717, 1.165) is 33.7 Å². The molecule has 3 N–H and O–H groups in total.